The first-order valence-electron chi connectivity index (χ1n) is 6.60. The number of likely N-dealkylation sites (N-methyl/N-ethyl adjacent to an activating group) is 1. The van der Waals surface area contributed by atoms with Crippen molar-refractivity contribution in [3.8, 4) is 0 Å². The van der Waals surface area contributed by atoms with E-state index in [9.17, 15) is 9.90 Å². The van der Waals surface area contributed by atoms with Crippen LogP contribution in [0.15, 0.2) is 0 Å². The van der Waals surface area contributed by atoms with E-state index in [1.807, 2.05) is 0 Å². The predicted octanol–water partition coefficient (Wildman–Crippen LogP) is 0.995. The summed E-state index contributed by atoms with van der Waals surface area (Å²) < 4.78 is 0. The Hall–Kier alpha value is -0.610. The SMILES string of the molecule is CCC1CCC(O)(CNCC(=O)N(C)C)CC1. The van der Waals surface area contributed by atoms with Crippen LogP contribution in [0.1, 0.15) is 39.0 Å². The van der Waals surface area contributed by atoms with E-state index in [4.69, 9.17) is 0 Å². The van der Waals surface area contributed by atoms with Crippen LogP contribution in [0.25, 0.3) is 0 Å². The monoisotopic (exact) mass is 242 g/mol. The van der Waals surface area contributed by atoms with Gasteiger partial charge in [-0.15, -0.1) is 0 Å². The van der Waals surface area contributed by atoms with Crippen LogP contribution in [0.2, 0.25) is 0 Å². The number of aliphatic hydroxyl groups is 1. The summed E-state index contributed by atoms with van der Waals surface area (Å²) in [4.78, 5) is 12.9. The summed E-state index contributed by atoms with van der Waals surface area (Å²) in [6.07, 6.45) is 5.14. The molecule has 100 valence electrons. The highest BCUT2D eigenvalue weighted by molar-refractivity contribution is 5.77. The number of amides is 1. The van der Waals surface area contributed by atoms with Gasteiger partial charge >= 0.3 is 0 Å². The molecule has 0 aromatic heterocycles. The summed E-state index contributed by atoms with van der Waals surface area (Å²) in [5, 5.41) is 13.4. The average molecular weight is 242 g/mol. The molecule has 4 heteroatoms. The number of carbonyl (C=O) groups is 1. The number of nitrogens with one attached hydrogen (secondary N) is 1. The summed E-state index contributed by atoms with van der Waals surface area (Å²) in [5.41, 5.74) is -0.599. The minimum Gasteiger partial charge on any atom is -0.389 e. The summed E-state index contributed by atoms with van der Waals surface area (Å²) in [7, 11) is 3.48. The zero-order chi connectivity index (χ0) is 12.9. The maximum Gasteiger partial charge on any atom is 0.236 e. The molecule has 0 heterocycles. The Morgan fingerprint density at radius 1 is 1.41 bits per heavy atom. The van der Waals surface area contributed by atoms with Gasteiger partial charge in [0.25, 0.3) is 0 Å². The van der Waals surface area contributed by atoms with Gasteiger partial charge in [0.15, 0.2) is 0 Å². The smallest absolute Gasteiger partial charge is 0.236 e. The molecular formula is C13H26N2O2. The Balaban J connectivity index is 2.25. The van der Waals surface area contributed by atoms with Crippen LogP contribution in [0.3, 0.4) is 0 Å². The lowest BCUT2D eigenvalue weighted by Gasteiger charge is -2.36. The van der Waals surface area contributed by atoms with Gasteiger partial charge in [0.1, 0.15) is 0 Å². The van der Waals surface area contributed by atoms with E-state index >= 15 is 0 Å². The van der Waals surface area contributed by atoms with Crippen LogP contribution < -0.4 is 5.32 Å². The summed E-state index contributed by atoms with van der Waals surface area (Å²) >= 11 is 0. The third kappa shape index (κ3) is 4.64. The van der Waals surface area contributed by atoms with E-state index in [-0.39, 0.29) is 5.91 Å². The Kier molecular flexibility index (Phi) is 5.40. The number of hydrogen-bond donors (Lipinski definition) is 2. The lowest BCUT2D eigenvalue weighted by molar-refractivity contribution is -0.127. The van der Waals surface area contributed by atoms with Crippen LogP contribution >= 0.6 is 0 Å². The van der Waals surface area contributed by atoms with Crippen LogP contribution in [-0.2, 0) is 4.79 Å². The molecular weight excluding hydrogens is 216 g/mol. The molecule has 0 atom stereocenters. The first-order chi connectivity index (χ1) is 7.97. The lowest BCUT2D eigenvalue weighted by atomic mass is 9.78. The summed E-state index contributed by atoms with van der Waals surface area (Å²) in [6, 6.07) is 0. The number of nitrogens with zero attached hydrogens (tertiary/aromatic N) is 1. The zero-order valence-electron chi connectivity index (χ0n) is 11.3. The normalized spacial score (nSPS) is 29.1. The molecule has 1 amide bonds. The molecule has 4 nitrogen and oxygen atoms in total. The first kappa shape index (κ1) is 14.5. The standard InChI is InChI=1S/C13H26N2O2/c1-4-11-5-7-13(17,8-6-11)10-14-9-12(16)15(2)3/h11,14,17H,4-10H2,1-3H3. The average Bonchev–Trinajstić information content (AvgIpc) is 2.29. The van der Waals surface area contributed by atoms with E-state index < -0.39 is 5.60 Å². The molecule has 0 aromatic rings. The van der Waals surface area contributed by atoms with E-state index in [1.54, 1.807) is 19.0 Å². The highest BCUT2D eigenvalue weighted by Crippen LogP contribution is 2.33. The van der Waals surface area contributed by atoms with Crippen LogP contribution in [0, 0.1) is 5.92 Å². The Bertz CT molecular complexity index is 246. The maximum absolute atomic E-state index is 11.4. The quantitative estimate of drug-likeness (QED) is 0.756. The van der Waals surface area contributed by atoms with E-state index in [1.165, 1.54) is 6.42 Å². The van der Waals surface area contributed by atoms with Gasteiger partial charge in [-0.1, -0.05) is 13.3 Å². The lowest BCUT2D eigenvalue weighted by Crippen LogP contribution is -2.46. The molecule has 1 rings (SSSR count). The van der Waals surface area contributed by atoms with Crippen molar-refractivity contribution in [3.63, 3.8) is 0 Å². The van der Waals surface area contributed by atoms with Gasteiger partial charge in [0, 0.05) is 20.6 Å². The van der Waals surface area contributed by atoms with Crippen LogP contribution in [-0.4, -0.2) is 48.7 Å². The summed E-state index contributed by atoms with van der Waals surface area (Å²) in [6.45, 7) is 3.05. The van der Waals surface area contributed by atoms with Gasteiger partial charge in [0.2, 0.25) is 5.91 Å². The fourth-order valence-corrected chi connectivity index (χ4v) is 2.36. The van der Waals surface area contributed by atoms with Gasteiger partial charge in [-0.05, 0) is 31.6 Å². The molecule has 1 saturated carbocycles. The molecule has 0 spiro atoms. The van der Waals surface area contributed by atoms with Crippen LogP contribution in [0.5, 0.6) is 0 Å². The molecule has 1 aliphatic rings. The summed E-state index contributed by atoms with van der Waals surface area (Å²) in [5.74, 6) is 0.828. The molecule has 0 aromatic carbocycles. The number of carbonyl (C=O) groups excluding carboxylic acids is 1. The van der Waals surface area contributed by atoms with Crippen molar-refractivity contribution in [2.45, 2.75) is 44.6 Å². The second-order valence-corrected chi connectivity index (χ2v) is 5.47. The molecule has 17 heavy (non-hydrogen) atoms. The highest BCUT2D eigenvalue weighted by atomic mass is 16.3. The topological polar surface area (TPSA) is 52.6 Å². The third-order valence-electron chi connectivity index (χ3n) is 3.84. The van der Waals surface area contributed by atoms with Crippen molar-refractivity contribution in [3.05, 3.63) is 0 Å². The van der Waals surface area contributed by atoms with Crippen LogP contribution in [0.4, 0.5) is 0 Å². The highest BCUT2D eigenvalue weighted by Gasteiger charge is 2.32. The van der Waals surface area contributed by atoms with Gasteiger partial charge in [-0.25, -0.2) is 0 Å². The van der Waals surface area contributed by atoms with Crippen molar-refractivity contribution >= 4 is 5.91 Å². The van der Waals surface area contributed by atoms with Gasteiger partial charge in [-0.2, -0.15) is 0 Å². The molecule has 2 N–H and O–H groups in total. The molecule has 0 bridgehead atoms. The second-order valence-electron chi connectivity index (χ2n) is 5.47. The van der Waals surface area contributed by atoms with Gasteiger partial charge < -0.3 is 15.3 Å². The molecule has 1 aliphatic carbocycles. The Labute approximate surface area is 104 Å². The number of rotatable bonds is 5. The minimum atomic E-state index is -0.599. The Morgan fingerprint density at radius 2 is 2.00 bits per heavy atom. The van der Waals surface area contributed by atoms with E-state index in [0.29, 0.717) is 13.1 Å². The fraction of sp³-hybridized carbons (Fsp3) is 0.923. The molecule has 0 unspecified atom stereocenters. The second kappa shape index (κ2) is 6.36. The molecule has 0 radical (unpaired) electrons. The van der Waals surface area contributed by atoms with E-state index in [0.717, 1.165) is 31.6 Å². The van der Waals surface area contributed by atoms with E-state index in [2.05, 4.69) is 12.2 Å². The van der Waals surface area contributed by atoms with Crippen molar-refractivity contribution < 1.29 is 9.90 Å². The van der Waals surface area contributed by atoms with Crippen molar-refractivity contribution in [2.24, 2.45) is 5.92 Å². The van der Waals surface area contributed by atoms with Crippen molar-refractivity contribution in [2.75, 3.05) is 27.2 Å². The molecule has 1 fully saturated rings. The fourth-order valence-electron chi connectivity index (χ4n) is 2.36. The molecule has 0 saturated heterocycles. The largest absolute Gasteiger partial charge is 0.389 e. The van der Waals surface area contributed by atoms with Gasteiger partial charge in [0.05, 0.1) is 12.1 Å². The maximum atomic E-state index is 11.4. The Morgan fingerprint density at radius 3 is 2.47 bits per heavy atom. The zero-order valence-corrected chi connectivity index (χ0v) is 11.3. The molecule has 0 aliphatic heterocycles. The first-order valence-corrected chi connectivity index (χ1v) is 6.60. The predicted molar refractivity (Wildman–Crippen MR) is 68.8 cm³/mol. The van der Waals surface area contributed by atoms with Gasteiger partial charge in [-0.3, -0.25) is 4.79 Å². The van der Waals surface area contributed by atoms with Crippen molar-refractivity contribution in [1.29, 1.82) is 0 Å². The minimum absolute atomic E-state index is 0.0517. The number of hydrogen-bond acceptors (Lipinski definition) is 3. The third-order valence-corrected chi connectivity index (χ3v) is 3.84. The van der Waals surface area contributed by atoms with Crippen molar-refractivity contribution in [1.82, 2.24) is 10.2 Å².